The van der Waals surface area contributed by atoms with Crippen LogP contribution >= 0.6 is 0 Å². The van der Waals surface area contributed by atoms with Crippen LogP contribution in [0.15, 0.2) is 83.8 Å². The van der Waals surface area contributed by atoms with Crippen molar-refractivity contribution in [3.05, 3.63) is 95.8 Å². The van der Waals surface area contributed by atoms with Crippen molar-refractivity contribution in [2.45, 2.75) is 57.6 Å². The summed E-state index contributed by atoms with van der Waals surface area (Å²) in [7, 11) is -4.31. The second-order valence-corrected chi connectivity index (χ2v) is 11.2. The van der Waals surface area contributed by atoms with E-state index in [1.807, 2.05) is 45.0 Å². The van der Waals surface area contributed by atoms with E-state index < -0.39 is 34.3 Å². The molecule has 0 aliphatic heterocycles. The highest BCUT2D eigenvalue weighted by molar-refractivity contribution is 7.92. The van der Waals surface area contributed by atoms with E-state index in [1.54, 1.807) is 25.1 Å². The minimum atomic E-state index is -4.31. The normalized spacial score (nSPS) is 12.2. The molecule has 0 spiro atoms. The van der Waals surface area contributed by atoms with Gasteiger partial charge in [0.25, 0.3) is 10.0 Å². The zero-order chi connectivity index (χ0) is 27.9. The van der Waals surface area contributed by atoms with E-state index in [1.165, 1.54) is 35.2 Å². The van der Waals surface area contributed by atoms with Crippen LogP contribution in [0.1, 0.15) is 38.3 Å². The van der Waals surface area contributed by atoms with Crippen LogP contribution in [0.4, 0.5) is 10.1 Å². The van der Waals surface area contributed by atoms with Gasteiger partial charge in [-0.1, -0.05) is 67.1 Å². The smallest absolute Gasteiger partial charge is 0.264 e. The first-order chi connectivity index (χ1) is 18.0. The van der Waals surface area contributed by atoms with Gasteiger partial charge in [0.2, 0.25) is 11.8 Å². The minimum absolute atomic E-state index is 0.0780. The Bertz CT molecular complexity index is 1350. The zero-order valence-corrected chi connectivity index (χ0v) is 22.9. The van der Waals surface area contributed by atoms with E-state index in [9.17, 15) is 22.4 Å². The molecule has 1 atom stereocenters. The van der Waals surface area contributed by atoms with Gasteiger partial charge in [0, 0.05) is 12.6 Å². The van der Waals surface area contributed by atoms with Crippen LogP contribution in [-0.4, -0.2) is 43.8 Å². The lowest BCUT2D eigenvalue weighted by Gasteiger charge is -2.33. The van der Waals surface area contributed by atoms with Gasteiger partial charge in [-0.2, -0.15) is 0 Å². The molecule has 9 heteroatoms. The first-order valence-electron chi connectivity index (χ1n) is 12.5. The van der Waals surface area contributed by atoms with Crippen LogP contribution in [0.25, 0.3) is 0 Å². The zero-order valence-electron chi connectivity index (χ0n) is 22.1. The summed E-state index contributed by atoms with van der Waals surface area (Å²) in [5.41, 5.74) is 1.57. The molecular formula is C29H34FN3O4S. The van der Waals surface area contributed by atoms with Crippen LogP contribution < -0.4 is 9.62 Å². The molecule has 2 amide bonds. The van der Waals surface area contributed by atoms with Gasteiger partial charge in [-0.25, -0.2) is 12.8 Å². The van der Waals surface area contributed by atoms with Gasteiger partial charge < -0.3 is 10.2 Å². The van der Waals surface area contributed by atoms with Crippen molar-refractivity contribution < 1.29 is 22.4 Å². The van der Waals surface area contributed by atoms with Crippen molar-refractivity contribution >= 4 is 27.5 Å². The average Bonchev–Trinajstić information content (AvgIpc) is 2.88. The molecule has 0 aliphatic rings. The largest absolute Gasteiger partial charge is 0.352 e. The average molecular weight is 540 g/mol. The number of amides is 2. The number of nitrogens with one attached hydrogen (secondary N) is 1. The molecule has 3 rings (SSSR count). The number of hydrogen-bond acceptors (Lipinski definition) is 4. The van der Waals surface area contributed by atoms with Gasteiger partial charge in [0.05, 0.1) is 10.6 Å². The number of benzene rings is 3. The molecule has 3 aromatic carbocycles. The van der Waals surface area contributed by atoms with Crippen molar-refractivity contribution in [2.24, 2.45) is 0 Å². The highest BCUT2D eigenvalue weighted by Gasteiger charge is 2.34. The molecule has 3 aromatic rings. The van der Waals surface area contributed by atoms with Gasteiger partial charge in [-0.05, 0) is 57.0 Å². The van der Waals surface area contributed by atoms with E-state index in [-0.39, 0.29) is 29.1 Å². The van der Waals surface area contributed by atoms with E-state index in [0.717, 1.165) is 21.5 Å². The summed E-state index contributed by atoms with van der Waals surface area (Å²) in [5, 5.41) is 2.85. The van der Waals surface area contributed by atoms with Crippen LogP contribution in [-0.2, 0) is 26.2 Å². The number of halogens is 1. The van der Waals surface area contributed by atoms with Gasteiger partial charge in [-0.15, -0.1) is 0 Å². The van der Waals surface area contributed by atoms with Crippen molar-refractivity contribution in [3.8, 4) is 0 Å². The van der Waals surface area contributed by atoms with Crippen LogP contribution in [0.2, 0.25) is 0 Å². The number of nitrogens with zero attached hydrogens (tertiary/aromatic N) is 2. The number of anilines is 1. The highest BCUT2D eigenvalue weighted by atomic mass is 32.2. The monoisotopic (exact) mass is 539 g/mol. The summed E-state index contributed by atoms with van der Waals surface area (Å²) in [6, 6.07) is 19.5. The second kappa shape index (κ2) is 12.7. The number of rotatable bonds is 11. The van der Waals surface area contributed by atoms with Crippen LogP contribution in [0.5, 0.6) is 0 Å². The summed E-state index contributed by atoms with van der Waals surface area (Å²) >= 11 is 0. The Labute approximate surface area is 224 Å². The lowest BCUT2D eigenvalue weighted by molar-refractivity contribution is -0.140. The van der Waals surface area contributed by atoms with Gasteiger partial charge >= 0.3 is 0 Å². The molecule has 0 aliphatic carbocycles. The predicted molar refractivity (Wildman–Crippen MR) is 146 cm³/mol. The Morgan fingerprint density at radius 3 is 2.11 bits per heavy atom. The standard InChI is InChI=1S/C29H34FN3O4S/c1-5-26(29(35)31-21(2)3)32(19-23-17-15-22(4)16-18-23)28(34)20-33(27-14-10-9-13-25(27)30)38(36,37)24-11-7-6-8-12-24/h6-18,21,26H,5,19-20H2,1-4H3,(H,31,35)/t26-/m1/s1. The van der Waals surface area contributed by atoms with E-state index >= 15 is 0 Å². The molecule has 0 aromatic heterocycles. The van der Waals surface area contributed by atoms with Crippen molar-refractivity contribution in [3.63, 3.8) is 0 Å². The molecule has 0 saturated heterocycles. The number of aryl methyl sites for hydroxylation is 1. The third-order valence-electron chi connectivity index (χ3n) is 6.02. The Morgan fingerprint density at radius 2 is 1.53 bits per heavy atom. The fraction of sp³-hybridized carbons (Fsp3) is 0.310. The quantitative estimate of drug-likeness (QED) is 0.384. The minimum Gasteiger partial charge on any atom is -0.352 e. The lowest BCUT2D eigenvalue weighted by Crippen LogP contribution is -2.53. The Balaban J connectivity index is 2.06. The van der Waals surface area contributed by atoms with Gasteiger partial charge in [-0.3, -0.25) is 13.9 Å². The molecule has 7 nitrogen and oxygen atoms in total. The van der Waals surface area contributed by atoms with Gasteiger partial charge in [0.1, 0.15) is 18.4 Å². The first-order valence-corrected chi connectivity index (χ1v) is 14.0. The van der Waals surface area contributed by atoms with E-state index in [2.05, 4.69) is 5.32 Å². The summed E-state index contributed by atoms with van der Waals surface area (Å²) in [6.45, 7) is 6.77. The molecule has 0 fully saturated rings. The molecule has 0 heterocycles. The molecule has 0 unspecified atom stereocenters. The maximum Gasteiger partial charge on any atom is 0.264 e. The Hall–Kier alpha value is -3.72. The summed E-state index contributed by atoms with van der Waals surface area (Å²) in [5.74, 6) is -1.75. The summed E-state index contributed by atoms with van der Waals surface area (Å²) < 4.78 is 43.0. The molecule has 0 radical (unpaired) electrons. The maximum absolute atomic E-state index is 14.9. The Morgan fingerprint density at radius 1 is 0.921 bits per heavy atom. The summed E-state index contributed by atoms with van der Waals surface area (Å²) in [6.07, 6.45) is 0.307. The number of sulfonamides is 1. The SMILES string of the molecule is CC[C@H](C(=O)NC(C)C)N(Cc1ccc(C)cc1)C(=O)CN(c1ccccc1F)S(=O)(=O)c1ccccc1. The van der Waals surface area contributed by atoms with Crippen molar-refractivity contribution in [1.82, 2.24) is 10.2 Å². The second-order valence-electron chi connectivity index (χ2n) is 9.37. The van der Waals surface area contributed by atoms with Gasteiger partial charge in [0.15, 0.2) is 0 Å². The van der Waals surface area contributed by atoms with Crippen LogP contribution in [0.3, 0.4) is 0 Å². The Kier molecular flexibility index (Phi) is 9.63. The number of carbonyl (C=O) groups excluding carboxylic acids is 2. The molecule has 0 saturated carbocycles. The number of carbonyl (C=O) groups is 2. The fourth-order valence-electron chi connectivity index (χ4n) is 4.08. The lowest BCUT2D eigenvalue weighted by atomic mass is 10.1. The maximum atomic E-state index is 14.9. The first kappa shape index (κ1) is 28.8. The van der Waals surface area contributed by atoms with E-state index in [0.29, 0.717) is 6.42 Å². The summed E-state index contributed by atoms with van der Waals surface area (Å²) in [4.78, 5) is 28.3. The molecule has 38 heavy (non-hydrogen) atoms. The topological polar surface area (TPSA) is 86.8 Å². The molecule has 1 N–H and O–H groups in total. The van der Waals surface area contributed by atoms with E-state index in [4.69, 9.17) is 0 Å². The number of hydrogen-bond donors (Lipinski definition) is 1. The molecular weight excluding hydrogens is 505 g/mol. The van der Waals surface area contributed by atoms with Crippen molar-refractivity contribution in [2.75, 3.05) is 10.8 Å². The third-order valence-corrected chi connectivity index (χ3v) is 7.80. The predicted octanol–water partition coefficient (Wildman–Crippen LogP) is 4.66. The fourth-order valence-corrected chi connectivity index (χ4v) is 5.52. The highest BCUT2D eigenvalue weighted by Crippen LogP contribution is 2.27. The van der Waals surface area contributed by atoms with Crippen molar-refractivity contribution in [1.29, 1.82) is 0 Å². The third kappa shape index (κ3) is 6.98. The van der Waals surface area contributed by atoms with Crippen LogP contribution in [0, 0.1) is 12.7 Å². The number of para-hydroxylation sites is 1. The molecule has 0 bridgehead atoms. The molecule has 202 valence electrons.